The minimum Gasteiger partial charge on any atom is -0.486 e. The summed E-state index contributed by atoms with van der Waals surface area (Å²) in [6, 6.07) is 8.70. The summed E-state index contributed by atoms with van der Waals surface area (Å²) in [7, 11) is 0. The Hall–Kier alpha value is -2.51. The van der Waals surface area contributed by atoms with Gasteiger partial charge in [0.1, 0.15) is 25.1 Å². The molecule has 0 aliphatic carbocycles. The molecule has 2 heterocycles. The SMILES string of the molecule is CCCCCCCCCCCCCCCC(=O)N[C@H](CNCc1ccco1)[C@H](O)c1ccc2c(c1)OCCO2. The van der Waals surface area contributed by atoms with E-state index in [1.54, 1.807) is 12.3 Å². The Balaban J connectivity index is 1.36. The van der Waals surface area contributed by atoms with Gasteiger partial charge in [-0.05, 0) is 36.2 Å². The van der Waals surface area contributed by atoms with Crippen molar-refractivity contribution in [2.45, 2.75) is 116 Å². The van der Waals surface area contributed by atoms with E-state index in [1.165, 1.54) is 70.6 Å². The number of aliphatic hydroxyl groups excluding tert-OH is 1. The van der Waals surface area contributed by atoms with Crippen LogP contribution in [0.2, 0.25) is 0 Å². The second kappa shape index (κ2) is 18.7. The number of aliphatic hydroxyl groups is 1. The molecule has 1 aromatic heterocycles. The molecule has 0 radical (unpaired) electrons. The van der Waals surface area contributed by atoms with Crippen LogP contribution >= 0.6 is 0 Å². The molecule has 0 fully saturated rings. The maximum absolute atomic E-state index is 12.8. The summed E-state index contributed by atoms with van der Waals surface area (Å²) in [5.41, 5.74) is 0.685. The maximum Gasteiger partial charge on any atom is 0.220 e. The fourth-order valence-electron chi connectivity index (χ4n) is 5.06. The molecule has 2 aromatic rings. The highest BCUT2D eigenvalue weighted by Gasteiger charge is 2.24. The van der Waals surface area contributed by atoms with Gasteiger partial charge < -0.3 is 29.6 Å². The number of benzene rings is 1. The van der Waals surface area contributed by atoms with E-state index < -0.39 is 12.1 Å². The van der Waals surface area contributed by atoms with Crippen LogP contribution in [0.3, 0.4) is 0 Å². The maximum atomic E-state index is 12.8. The van der Waals surface area contributed by atoms with E-state index >= 15 is 0 Å². The molecule has 0 unspecified atom stereocenters. The Kier molecular flexibility index (Phi) is 14.9. The molecule has 2 atom stereocenters. The monoisotopic (exact) mass is 542 g/mol. The van der Waals surface area contributed by atoms with Crippen LogP contribution in [0.5, 0.6) is 11.5 Å². The summed E-state index contributed by atoms with van der Waals surface area (Å²) in [4.78, 5) is 12.8. The Labute approximate surface area is 235 Å². The number of carbonyl (C=O) groups is 1. The molecule has 39 heavy (non-hydrogen) atoms. The van der Waals surface area contributed by atoms with Gasteiger partial charge in [-0.3, -0.25) is 4.79 Å². The molecule has 1 amide bonds. The van der Waals surface area contributed by atoms with E-state index in [1.807, 2.05) is 24.3 Å². The second-order valence-electron chi connectivity index (χ2n) is 10.7. The topological polar surface area (TPSA) is 93.0 Å². The molecule has 7 heteroatoms. The molecule has 0 saturated carbocycles. The minimum absolute atomic E-state index is 0.0283. The van der Waals surface area contributed by atoms with E-state index in [0.29, 0.717) is 49.8 Å². The molecule has 1 aliphatic rings. The van der Waals surface area contributed by atoms with Crippen LogP contribution in [0.15, 0.2) is 41.0 Å². The van der Waals surface area contributed by atoms with Gasteiger partial charge in [0.25, 0.3) is 0 Å². The fraction of sp³-hybridized carbons (Fsp3) is 0.656. The zero-order chi connectivity index (χ0) is 27.5. The molecule has 3 rings (SSSR count). The molecule has 1 aliphatic heterocycles. The average Bonchev–Trinajstić information content (AvgIpc) is 3.48. The number of unbranched alkanes of at least 4 members (excludes halogenated alkanes) is 12. The normalized spacial score (nSPS) is 14.2. The predicted octanol–water partition coefficient (Wildman–Crippen LogP) is 6.84. The van der Waals surface area contributed by atoms with Crippen LogP contribution in [-0.4, -0.2) is 36.8 Å². The highest BCUT2D eigenvalue weighted by molar-refractivity contribution is 5.76. The van der Waals surface area contributed by atoms with E-state index in [4.69, 9.17) is 13.9 Å². The van der Waals surface area contributed by atoms with Crippen molar-refractivity contribution in [3.8, 4) is 11.5 Å². The van der Waals surface area contributed by atoms with Crippen molar-refractivity contribution in [3.05, 3.63) is 47.9 Å². The first-order valence-electron chi connectivity index (χ1n) is 15.3. The first-order valence-corrected chi connectivity index (χ1v) is 15.3. The van der Waals surface area contributed by atoms with Crippen LogP contribution in [0.1, 0.15) is 114 Å². The van der Waals surface area contributed by atoms with Gasteiger partial charge >= 0.3 is 0 Å². The number of carbonyl (C=O) groups excluding carboxylic acids is 1. The van der Waals surface area contributed by atoms with Crippen molar-refractivity contribution < 1.29 is 23.8 Å². The Morgan fingerprint density at radius 3 is 2.15 bits per heavy atom. The second-order valence-corrected chi connectivity index (χ2v) is 10.7. The number of fused-ring (bicyclic) bond motifs is 1. The van der Waals surface area contributed by atoms with Crippen LogP contribution in [-0.2, 0) is 11.3 Å². The Morgan fingerprint density at radius 1 is 0.872 bits per heavy atom. The number of hydrogen-bond donors (Lipinski definition) is 3. The quantitative estimate of drug-likeness (QED) is 0.150. The van der Waals surface area contributed by atoms with Gasteiger partial charge in [-0.2, -0.15) is 0 Å². The van der Waals surface area contributed by atoms with Gasteiger partial charge in [0, 0.05) is 13.0 Å². The van der Waals surface area contributed by atoms with Crippen LogP contribution in [0.4, 0.5) is 0 Å². The zero-order valence-electron chi connectivity index (χ0n) is 23.9. The highest BCUT2D eigenvalue weighted by atomic mass is 16.6. The average molecular weight is 543 g/mol. The Bertz CT molecular complexity index is 917. The van der Waals surface area contributed by atoms with Crippen LogP contribution in [0.25, 0.3) is 0 Å². The molecular weight excluding hydrogens is 492 g/mol. The number of rotatable bonds is 21. The molecule has 218 valence electrons. The van der Waals surface area contributed by atoms with Gasteiger partial charge in [0.2, 0.25) is 5.91 Å². The van der Waals surface area contributed by atoms with Crippen molar-refractivity contribution in [1.29, 1.82) is 0 Å². The summed E-state index contributed by atoms with van der Waals surface area (Å²) in [5.74, 6) is 2.08. The summed E-state index contributed by atoms with van der Waals surface area (Å²) in [6.07, 6.45) is 17.8. The number of hydrogen-bond acceptors (Lipinski definition) is 6. The molecule has 0 saturated heterocycles. The lowest BCUT2D eigenvalue weighted by molar-refractivity contribution is -0.122. The van der Waals surface area contributed by atoms with Crippen molar-refractivity contribution >= 4 is 5.91 Å². The van der Waals surface area contributed by atoms with Gasteiger partial charge in [-0.15, -0.1) is 0 Å². The smallest absolute Gasteiger partial charge is 0.220 e. The van der Waals surface area contributed by atoms with Gasteiger partial charge in [0.05, 0.1) is 18.8 Å². The molecule has 0 bridgehead atoms. The zero-order valence-corrected chi connectivity index (χ0v) is 23.9. The highest BCUT2D eigenvalue weighted by Crippen LogP contribution is 2.33. The minimum atomic E-state index is -0.888. The van der Waals surface area contributed by atoms with E-state index in [0.717, 1.165) is 18.6 Å². The molecule has 7 nitrogen and oxygen atoms in total. The summed E-state index contributed by atoms with van der Waals surface area (Å²) in [5, 5.41) is 17.6. The van der Waals surface area contributed by atoms with Crippen molar-refractivity contribution in [2.75, 3.05) is 19.8 Å². The third-order valence-corrected chi connectivity index (χ3v) is 7.39. The number of amides is 1. The van der Waals surface area contributed by atoms with Crippen molar-refractivity contribution in [1.82, 2.24) is 10.6 Å². The number of ether oxygens (including phenoxy) is 2. The lowest BCUT2D eigenvalue weighted by atomic mass is 10.0. The standard InChI is InChI=1S/C32H50N2O5/c1-2-3-4-5-6-7-8-9-10-11-12-13-14-17-31(35)34-28(25-33-24-27-16-15-20-37-27)32(36)26-18-19-29-30(23-26)39-22-21-38-29/h15-16,18-20,23,28,32-33,36H,2-14,17,21-22,24-25H2,1H3,(H,34,35)/t28-,32-/m1/s1. The first-order chi connectivity index (χ1) is 19.2. The summed E-state index contributed by atoms with van der Waals surface area (Å²) < 4.78 is 16.7. The van der Waals surface area contributed by atoms with E-state index in [2.05, 4.69) is 17.6 Å². The molecule has 1 aromatic carbocycles. The molecular formula is C32H50N2O5. The number of furan rings is 1. The van der Waals surface area contributed by atoms with E-state index in [9.17, 15) is 9.90 Å². The lowest BCUT2D eigenvalue weighted by Gasteiger charge is -2.26. The lowest BCUT2D eigenvalue weighted by Crippen LogP contribution is -2.45. The third-order valence-electron chi connectivity index (χ3n) is 7.39. The van der Waals surface area contributed by atoms with E-state index in [-0.39, 0.29) is 5.91 Å². The molecule has 0 spiro atoms. The van der Waals surface area contributed by atoms with Crippen molar-refractivity contribution in [3.63, 3.8) is 0 Å². The number of nitrogens with one attached hydrogen (secondary N) is 2. The molecule has 3 N–H and O–H groups in total. The predicted molar refractivity (Wildman–Crippen MR) is 155 cm³/mol. The van der Waals surface area contributed by atoms with Crippen molar-refractivity contribution in [2.24, 2.45) is 0 Å². The third kappa shape index (κ3) is 12.0. The fourth-order valence-corrected chi connectivity index (χ4v) is 5.06. The summed E-state index contributed by atoms with van der Waals surface area (Å²) in [6.45, 7) is 4.19. The summed E-state index contributed by atoms with van der Waals surface area (Å²) >= 11 is 0. The Morgan fingerprint density at radius 2 is 1.51 bits per heavy atom. The van der Waals surface area contributed by atoms with Gasteiger partial charge in [-0.25, -0.2) is 0 Å². The van der Waals surface area contributed by atoms with Crippen LogP contribution in [0, 0.1) is 0 Å². The largest absolute Gasteiger partial charge is 0.486 e. The first kappa shape index (κ1) is 31.0. The van der Waals surface area contributed by atoms with Crippen LogP contribution < -0.4 is 20.1 Å². The van der Waals surface area contributed by atoms with Gasteiger partial charge in [-0.1, -0.05) is 90.0 Å². The van der Waals surface area contributed by atoms with Gasteiger partial charge in [0.15, 0.2) is 11.5 Å².